The molecule has 0 spiro atoms. The maximum atomic E-state index is 7.12. The van der Waals surface area contributed by atoms with Crippen molar-refractivity contribution in [2.45, 2.75) is 12.7 Å². The van der Waals surface area contributed by atoms with Crippen molar-refractivity contribution < 1.29 is 4.52 Å². The van der Waals surface area contributed by atoms with Crippen molar-refractivity contribution in [3.8, 4) is 11.3 Å². The maximum absolute atomic E-state index is 7.12. The second-order valence-electron chi connectivity index (χ2n) is 3.70. The van der Waals surface area contributed by atoms with Crippen molar-refractivity contribution in [3.05, 3.63) is 41.7 Å². The molecule has 0 saturated carbocycles. The van der Waals surface area contributed by atoms with E-state index < -0.39 is 0 Å². The molecule has 2 aromatic rings. The van der Waals surface area contributed by atoms with Gasteiger partial charge in [-0.1, -0.05) is 46.7 Å². The summed E-state index contributed by atoms with van der Waals surface area (Å²) in [4.78, 5) is 0. The SMILES string of the molecule is Cc1ccc(-c2cc(CSC(=N)N)on2)cc1. The normalized spacial score (nSPS) is 10.4. The van der Waals surface area contributed by atoms with Gasteiger partial charge in [-0.15, -0.1) is 0 Å². The summed E-state index contributed by atoms with van der Waals surface area (Å²) in [5.41, 5.74) is 8.31. The van der Waals surface area contributed by atoms with Crippen LogP contribution in [0.4, 0.5) is 0 Å². The van der Waals surface area contributed by atoms with Gasteiger partial charge >= 0.3 is 0 Å². The zero-order chi connectivity index (χ0) is 12.3. The van der Waals surface area contributed by atoms with Crippen LogP contribution in [-0.4, -0.2) is 10.3 Å². The first-order valence-corrected chi connectivity index (χ1v) is 6.13. The fraction of sp³-hybridized carbons (Fsp3) is 0.167. The Labute approximate surface area is 104 Å². The third-order valence-electron chi connectivity index (χ3n) is 2.28. The number of rotatable bonds is 3. The molecular formula is C12H13N3OS. The lowest BCUT2D eigenvalue weighted by Crippen LogP contribution is -2.03. The Morgan fingerprint density at radius 3 is 2.76 bits per heavy atom. The van der Waals surface area contributed by atoms with Crippen molar-refractivity contribution in [1.82, 2.24) is 5.16 Å². The third-order valence-corrected chi connectivity index (χ3v) is 3.02. The molecule has 88 valence electrons. The van der Waals surface area contributed by atoms with E-state index in [2.05, 4.69) is 5.16 Å². The van der Waals surface area contributed by atoms with Gasteiger partial charge in [0.15, 0.2) is 5.17 Å². The molecule has 0 aliphatic carbocycles. The molecule has 2 rings (SSSR count). The number of hydrogen-bond acceptors (Lipinski definition) is 4. The molecule has 0 saturated heterocycles. The number of nitrogens with two attached hydrogens (primary N) is 1. The molecular weight excluding hydrogens is 234 g/mol. The Balaban J connectivity index is 2.12. The van der Waals surface area contributed by atoms with E-state index in [9.17, 15) is 0 Å². The minimum atomic E-state index is 0.0817. The van der Waals surface area contributed by atoms with E-state index in [1.54, 1.807) is 0 Å². The number of hydrogen-bond donors (Lipinski definition) is 2. The van der Waals surface area contributed by atoms with Crippen LogP contribution in [0.5, 0.6) is 0 Å². The minimum Gasteiger partial charge on any atom is -0.379 e. The lowest BCUT2D eigenvalue weighted by Gasteiger charge is -1.95. The van der Waals surface area contributed by atoms with E-state index >= 15 is 0 Å². The Hall–Kier alpha value is -1.75. The van der Waals surface area contributed by atoms with Crippen molar-refractivity contribution in [1.29, 1.82) is 5.41 Å². The number of nitrogens with zero attached hydrogens (tertiary/aromatic N) is 1. The molecule has 3 N–H and O–H groups in total. The maximum Gasteiger partial charge on any atom is 0.151 e. The van der Waals surface area contributed by atoms with Crippen LogP contribution in [0.3, 0.4) is 0 Å². The zero-order valence-electron chi connectivity index (χ0n) is 9.43. The van der Waals surface area contributed by atoms with Crippen LogP contribution < -0.4 is 5.73 Å². The van der Waals surface area contributed by atoms with Crippen molar-refractivity contribution in [3.63, 3.8) is 0 Å². The molecule has 17 heavy (non-hydrogen) atoms. The average molecular weight is 247 g/mol. The molecule has 0 bridgehead atoms. The Morgan fingerprint density at radius 1 is 1.41 bits per heavy atom. The summed E-state index contributed by atoms with van der Waals surface area (Å²) < 4.78 is 5.18. The Bertz CT molecular complexity index is 519. The van der Waals surface area contributed by atoms with Gasteiger partial charge in [-0.3, -0.25) is 5.41 Å². The Kier molecular flexibility index (Phi) is 3.49. The van der Waals surface area contributed by atoms with Crippen LogP contribution in [0, 0.1) is 12.3 Å². The van der Waals surface area contributed by atoms with E-state index in [-0.39, 0.29) is 5.17 Å². The number of benzene rings is 1. The fourth-order valence-corrected chi connectivity index (χ4v) is 1.82. The quantitative estimate of drug-likeness (QED) is 0.646. The predicted molar refractivity (Wildman–Crippen MR) is 69.9 cm³/mol. The van der Waals surface area contributed by atoms with Gasteiger partial charge in [0.05, 0.1) is 5.75 Å². The number of nitrogens with one attached hydrogen (secondary N) is 1. The summed E-state index contributed by atoms with van der Waals surface area (Å²) in [5.74, 6) is 1.26. The van der Waals surface area contributed by atoms with Crippen LogP contribution in [0.25, 0.3) is 11.3 Å². The summed E-state index contributed by atoms with van der Waals surface area (Å²) in [6.45, 7) is 2.04. The predicted octanol–water partition coefficient (Wildman–Crippen LogP) is 2.78. The highest BCUT2D eigenvalue weighted by atomic mass is 32.2. The summed E-state index contributed by atoms with van der Waals surface area (Å²) in [5, 5.41) is 11.2. The molecule has 1 heterocycles. The molecule has 0 aliphatic heterocycles. The van der Waals surface area contributed by atoms with Gasteiger partial charge in [0.2, 0.25) is 0 Å². The lowest BCUT2D eigenvalue weighted by atomic mass is 10.1. The van der Waals surface area contributed by atoms with E-state index in [4.69, 9.17) is 15.7 Å². The van der Waals surface area contributed by atoms with E-state index in [1.807, 2.05) is 37.3 Å². The molecule has 1 aromatic heterocycles. The number of amidine groups is 1. The molecule has 0 radical (unpaired) electrons. The fourth-order valence-electron chi connectivity index (χ4n) is 1.39. The van der Waals surface area contributed by atoms with Crippen LogP contribution in [0.2, 0.25) is 0 Å². The number of aromatic nitrogens is 1. The van der Waals surface area contributed by atoms with Crippen molar-refractivity contribution in [2.75, 3.05) is 0 Å². The first-order valence-electron chi connectivity index (χ1n) is 5.14. The first-order chi connectivity index (χ1) is 8.15. The van der Waals surface area contributed by atoms with Crippen LogP contribution in [-0.2, 0) is 5.75 Å². The van der Waals surface area contributed by atoms with Gasteiger partial charge in [-0.2, -0.15) is 0 Å². The topological polar surface area (TPSA) is 75.9 Å². The summed E-state index contributed by atoms with van der Waals surface area (Å²) in [7, 11) is 0. The van der Waals surface area contributed by atoms with Gasteiger partial charge < -0.3 is 10.3 Å². The van der Waals surface area contributed by atoms with Crippen LogP contribution >= 0.6 is 11.8 Å². The third kappa shape index (κ3) is 3.10. The molecule has 4 nitrogen and oxygen atoms in total. The molecule has 0 amide bonds. The summed E-state index contributed by atoms with van der Waals surface area (Å²) >= 11 is 1.22. The highest BCUT2D eigenvalue weighted by Crippen LogP contribution is 2.21. The van der Waals surface area contributed by atoms with Gasteiger partial charge in [-0.25, -0.2) is 0 Å². The lowest BCUT2D eigenvalue weighted by molar-refractivity contribution is 0.397. The number of aryl methyl sites for hydroxylation is 1. The number of thioether (sulfide) groups is 1. The van der Waals surface area contributed by atoms with Crippen molar-refractivity contribution >= 4 is 16.9 Å². The highest BCUT2D eigenvalue weighted by molar-refractivity contribution is 8.13. The van der Waals surface area contributed by atoms with Crippen LogP contribution in [0.15, 0.2) is 34.9 Å². The molecule has 5 heteroatoms. The molecule has 0 fully saturated rings. The largest absolute Gasteiger partial charge is 0.379 e. The summed E-state index contributed by atoms with van der Waals surface area (Å²) in [6, 6.07) is 9.97. The highest BCUT2D eigenvalue weighted by Gasteiger charge is 2.06. The summed E-state index contributed by atoms with van der Waals surface area (Å²) in [6.07, 6.45) is 0. The van der Waals surface area contributed by atoms with Gasteiger partial charge in [0, 0.05) is 11.6 Å². The monoisotopic (exact) mass is 247 g/mol. The Morgan fingerprint density at radius 2 is 2.12 bits per heavy atom. The van der Waals surface area contributed by atoms with E-state index in [1.165, 1.54) is 17.3 Å². The standard InChI is InChI=1S/C12H13N3OS/c1-8-2-4-9(5-3-8)11-6-10(16-15-11)7-17-12(13)14/h2-6H,7H2,1H3,(H3,13,14). The van der Waals surface area contributed by atoms with Gasteiger partial charge in [0.25, 0.3) is 0 Å². The van der Waals surface area contributed by atoms with E-state index in [0.717, 1.165) is 17.0 Å². The van der Waals surface area contributed by atoms with Crippen molar-refractivity contribution in [2.24, 2.45) is 5.73 Å². The zero-order valence-corrected chi connectivity index (χ0v) is 10.3. The molecule has 1 aromatic carbocycles. The second kappa shape index (κ2) is 5.05. The molecule has 0 unspecified atom stereocenters. The smallest absolute Gasteiger partial charge is 0.151 e. The molecule has 0 aliphatic rings. The first kappa shape index (κ1) is 11.7. The van der Waals surface area contributed by atoms with Gasteiger partial charge in [-0.05, 0) is 6.92 Å². The second-order valence-corrected chi connectivity index (χ2v) is 4.71. The average Bonchev–Trinajstić information content (AvgIpc) is 2.76. The van der Waals surface area contributed by atoms with E-state index in [0.29, 0.717) is 5.75 Å². The molecule has 0 atom stereocenters. The minimum absolute atomic E-state index is 0.0817. The van der Waals surface area contributed by atoms with Gasteiger partial charge in [0.1, 0.15) is 11.5 Å². The van der Waals surface area contributed by atoms with Crippen LogP contribution in [0.1, 0.15) is 11.3 Å².